The third-order valence-corrected chi connectivity index (χ3v) is 4.04. The van der Waals surface area contributed by atoms with E-state index in [-0.39, 0.29) is 59.1 Å². The van der Waals surface area contributed by atoms with Gasteiger partial charge < -0.3 is 32.7 Å². The molecule has 0 saturated carbocycles. The molecule has 14 heteroatoms. The first-order valence-corrected chi connectivity index (χ1v) is 14.0. The van der Waals surface area contributed by atoms with Crippen molar-refractivity contribution in [3.05, 3.63) is 52.6 Å². The molecule has 0 spiro atoms. The number of hydrogen-bond acceptors (Lipinski definition) is 10. The van der Waals surface area contributed by atoms with Gasteiger partial charge in [0.1, 0.15) is 13.2 Å². The maximum absolute atomic E-state index is 10.4. The van der Waals surface area contributed by atoms with Gasteiger partial charge in [0.25, 0.3) is 8.25 Å². The van der Waals surface area contributed by atoms with Gasteiger partial charge in [0.2, 0.25) is 0 Å². The second-order valence-corrected chi connectivity index (χ2v) is 7.21. The molecular formula is C24H56N4Na2O6P2+2. The molecule has 8 N–H and O–H groups in total. The molecule has 0 atom stereocenters. The van der Waals surface area contributed by atoms with E-state index in [1.807, 2.05) is 0 Å². The molecule has 0 amide bonds. The normalized spacial score (nSPS) is 10.0. The van der Waals surface area contributed by atoms with Gasteiger partial charge in [0.15, 0.2) is 0 Å². The molecule has 0 radical (unpaired) electrons. The first kappa shape index (κ1) is 62.5. The van der Waals surface area contributed by atoms with Crippen LogP contribution in [0.4, 0.5) is 0 Å². The fourth-order valence-corrected chi connectivity index (χ4v) is 2.43. The summed E-state index contributed by atoms with van der Waals surface area (Å²) in [4.78, 5) is 17.0. The molecule has 0 aromatic heterocycles. The molecule has 0 aliphatic carbocycles. The van der Waals surface area contributed by atoms with Crippen molar-refractivity contribution in [2.75, 3.05) is 39.4 Å². The van der Waals surface area contributed by atoms with Crippen LogP contribution in [-0.2, 0) is 18.2 Å². The molecule has 1 aliphatic heterocycles. The van der Waals surface area contributed by atoms with Crippen LogP contribution in [0.1, 0.15) is 64.2 Å². The predicted octanol–water partition coefficient (Wildman–Crippen LogP) is -2.02. The van der Waals surface area contributed by atoms with Crippen molar-refractivity contribution in [1.82, 2.24) is 0 Å². The van der Waals surface area contributed by atoms with E-state index in [9.17, 15) is 4.57 Å². The summed E-state index contributed by atoms with van der Waals surface area (Å²) in [6.07, 6.45) is 11.5. The summed E-state index contributed by atoms with van der Waals surface area (Å²) < 4.78 is 28.2. The standard InChI is InChI=1S/2C6H16N2.C4H8O3P.4C2H4.2Na.HO3P/c2*7-5-3-1-2-4-6-8;5-8-6-3-1-2-4-7-8;4*1-2;;;1-4(2)3/h2*1-8H2;1-4H2;4*1-2H2;;;(H,1,2,3)/q;;+1;;;;;2*+1;/p-1. The summed E-state index contributed by atoms with van der Waals surface area (Å²) >= 11 is 0. The first-order valence-electron chi connectivity index (χ1n) is 11.8. The quantitative estimate of drug-likeness (QED) is 0.0933. The second kappa shape index (κ2) is 83.2. The van der Waals surface area contributed by atoms with Crippen LogP contribution >= 0.6 is 16.5 Å². The van der Waals surface area contributed by atoms with Gasteiger partial charge in [-0.3, -0.25) is 0 Å². The van der Waals surface area contributed by atoms with Gasteiger partial charge in [-0.1, -0.05) is 30.2 Å². The fraction of sp³-hybridized carbons (Fsp3) is 0.667. The van der Waals surface area contributed by atoms with Gasteiger partial charge in [-0.05, 0) is 64.7 Å². The molecule has 1 aliphatic rings. The number of rotatable bonds is 10. The Morgan fingerprint density at radius 1 is 0.579 bits per heavy atom. The van der Waals surface area contributed by atoms with Crippen LogP contribution in [0.5, 0.6) is 0 Å². The van der Waals surface area contributed by atoms with E-state index in [4.69, 9.17) is 37.3 Å². The summed E-state index contributed by atoms with van der Waals surface area (Å²) in [6.45, 7) is 28.5. The Labute approximate surface area is 280 Å². The Morgan fingerprint density at radius 3 is 0.921 bits per heavy atom. The molecule has 1 rings (SSSR count). The summed E-state index contributed by atoms with van der Waals surface area (Å²) in [5.41, 5.74) is 21.1. The summed E-state index contributed by atoms with van der Waals surface area (Å²) in [5, 5.41) is 0. The summed E-state index contributed by atoms with van der Waals surface area (Å²) in [7, 11) is -5.14. The second-order valence-electron chi connectivity index (χ2n) is 5.80. The van der Waals surface area contributed by atoms with Crippen molar-refractivity contribution in [2.24, 2.45) is 22.9 Å². The van der Waals surface area contributed by atoms with Crippen LogP contribution < -0.4 is 91.8 Å². The van der Waals surface area contributed by atoms with Crippen molar-refractivity contribution in [3.63, 3.8) is 0 Å². The SMILES string of the molecule is C=C.C=C.C=C.C=C.NCCCCCCN.NCCCCCCN.O=[P+]([O-])[O-].O=[P+]1OCCCCO1.[Na+].[Na+]. The monoisotopic (exact) mass is 604 g/mol. The van der Waals surface area contributed by atoms with Crippen molar-refractivity contribution >= 4 is 16.5 Å². The van der Waals surface area contributed by atoms with E-state index >= 15 is 0 Å². The van der Waals surface area contributed by atoms with Crippen LogP contribution in [0.15, 0.2) is 52.6 Å². The van der Waals surface area contributed by atoms with Crippen LogP contribution in [-0.4, -0.2) is 39.4 Å². The zero-order valence-corrected chi connectivity index (χ0v) is 30.4. The molecule has 0 unspecified atom stereocenters. The molecule has 218 valence electrons. The average Bonchev–Trinajstić information content (AvgIpc) is 3.17. The van der Waals surface area contributed by atoms with Crippen molar-refractivity contribution < 1.29 is 87.1 Å². The Hall–Kier alpha value is 0.840. The van der Waals surface area contributed by atoms with E-state index in [0.29, 0.717) is 13.2 Å². The van der Waals surface area contributed by atoms with E-state index in [0.717, 1.165) is 64.7 Å². The van der Waals surface area contributed by atoms with E-state index in [2.05, 4.69) is 61.7 Å². The van der Waals surface area contributed by atoms with Crippen LogP contribution in [0.3, 0.4) is 0 Å². The third-order valence-electron chi connectivity index (χ3n) is 3.25. The number of unbranched alkanes of at least 4 members (excludes halogenated alkanes) is 6. The summed E-state index contributed by atoms with van der Waals surface area (Å²) in [6, 6.07) is 0. The Morgan fingerprint density at radius 2 is 0.763 bits per heavy atom. The Bertz CT molecular complexity index is 354. The molecule has 1 saturated heterocycles. The Balaban J connectivity index is -0.0000000386. The molecule has 1 fully saturated rings. The predicted molar refractivity (Wildman–Crippen MR) is 155 cm³/mol. The number of nitrogens with two attached hydrogens (primary N) is 4. The molecule has 0 aromatic carbocycles. The number of hydrogen-bond donors (Lipinski definition) is 4. The van der Waals surface area contributed by atoms with Gasteiger partial charge >= 0.3 is 67.4 Å². The minimum Gasteiger partial charge on any atom is -0.598 e. The smallest absolute Gasteiger partial charge is 0.598 e. The molecule has 1 heterocycles. The Kier molecular flexibility index (Phi) is 137. The molecule has 0 aromatic rings. The van der Waals surface area contributed by atoms with Gasteiger partial charge in [-0.15, -0.1) is 61.7 Å². The van der Waals surface area contributed by atoms with Gasteiger partial charge in [0.05, 0.1) is 0 Å². The maximum Gasteiger partial charge on any atom is 1.00 e. The largest absolute Gasteiger partial charge is 1.00 e. The van der Waals surface area contributed by atoms with Crippen molar-refractivity contribution in [2.45, 2.75) is 64.2 Å². The topological polar surface area (TPSA) is 203 Å². The zero-order valence-electron chi connectivity index (χ0n) is 24.6. The third kappa shape index (κ3) is 120. The van der Waals surface area contributed by atoms with Crippen molar-refractivity contribution in [1.29, 1.82) is 0 Å². The van der Waals surface area contributed by atoms with Crippen LogP contribution in [0.2, 0.25) is 0 Å². The van der Waals surface area contributed by atoms with Gasteiger partial charge in [-0.25, -0.2) is 0 Å². The van der Waals surface area contributed by atoms with Gasteiger partial charge in [-0.2, -0.15) is 0 Å². The van der Waals surface area contributed by atoms with Gasteiger partial charge in [0, 0.05) is 4.57 Å². The van der Waals surface area contributed by atoms with E-state index in [1.165, 1.54) is 25.7 Å². The molecular weight excluding hydrogens is 548 g/mol. The van der Waals surface area contributed by atoms with Crippen LogP contribution in [0, 0.1) is 0 Å². The molecule has 10 nitrogen and oxygen atoms in total. The van der Waals surface area contributed by atoms with Crippen molar-refractivity contribution in [3.8, 4) is 0 Å². The fourth-order valence-electron chi connectivity index (χ4n) is 1.80. The average molecular weight is 605 g/mol. The van der Waals surface area contributed by atoms with E-state index in [1.54, 1.807) is 0 Å². The van der Waals surface area contributed by atoms with Crippen LogP contribution in [0.25, 0.3) is 0 Å². The van der Waals surface area contributed by atoms with E-state index < -0.39 is 16.5 Å². The minimum atomic E-state index is -3.37. The molecule has 38 heavy (non-hydrogen) atoms. The molecule has 0 bridgehead atoms. The first-order chi connectivity index (χ1) is 17.5. The summed E-state index contributed by atoms with van der Waals surface area (Å²) in [5.74, 6) is 0. The maximum atomic E-state index is 10.4. The minimum absolute atomic E-state index is 0. The zero-order chi connectivity index (χ0) is 29.9.